The number of aromatic nitrogens is 1. The molecular weight excluding hydrogens is 234 g/mol. The van der Waals surface area contributed by atoms with Crippen molar-refractivity contribution in [2.75, 3.05) is 0 Å². The number of aryl methyl sites for hydroxylation is 2. The van der Waals surface area contributed by atoms with E-state index in [9.17, 15) is 4.79 Å². The highest BCUT2D eigenvalue weighted by Crippen LogP contribution is 2.29. The highest BCUT2D eigenvalue weighted by atomic mass is 32.1. The van der Waals surface area contributed by atoms with E-state index in [1.54, 1.807) is 0 Å². The quantitative estimate of drug-likeness (QED) is 0.906. The van der Waals surface area contributed by atoms with Gasteiger partial charge in [0.1, 0.15) is 5.01 Å². The van der Waals surface area contributed by atoms with E-state index in [4.69, 9.17) is 5.11 Å². The van der Waals surface area contributed by atoms with Crippen LogP contribution in [-0.2, 0) is 11.2 Å². The minimum Gasteiger partial charge on any atom is -0.481 e. The SMILES string of the molecule is Cc1ccccc1-c1nc(CC(=O)O)sc1C. The summed E-state index contributed by atoms with van der Waals surface area (Å²) < 4.78 is 0. The second kappa shape index (κ2) is 4.67. The molecule has 1 heterocycles. The molecule has 2 rings (SSSR count). The van der Waals surface area contributed by atoms with Crippen LogP contribution in [0.3, 0.4) is 0 Å². The van der Waals surface area contributed by atoms with Gasteiger partial charge in [0.2, 0.25) is 0 Å². The number of carboxylic acid groups (broad SMARTS) is 1. The van der Waals surface area contributed by atoms with Crippen molar-refractivity contribution in [1.29, 1.82) is 0 Å². The Labute approximate surface area is 104 Å². The fraction of sp³-hybridized carbons (Fsp3) is 0.231. The molecule has 0 aliphatic heterocycles. The van der Waals surface area contributed by atoms with Crippen LogP contribution in [0.5, 0.6) is 0 Å². The Morgan fingerprint density at radius 3 is 2.71 bits per heavy atom. The number of aliphatic carboxylic acids is 1. The number of hydrogen-bond acceptors (Lipinski definition) is 3. The molecule has 0 saturated carbocycles. The lowest BCUT2D eigenvalue weighted by Gasteiger charge is -2.02. The van der Waals surface area contributed by atoms with Crippen molar-refractivity contribution in [1.82, 2.24) is 4.98 Å². The molecule has 0 atom stereocenters. The number of carbonyl (C=O) groups is 1. The van der Waals surface area contributed by atoms with Crippen molar-refractivity contribution in [3.8, 4) is 11.3 Å². The molecular formula is C13H13NO2S. The maximum atomic E-state index is 10.7. The number of carboxylic acids is 1. The minimum atomic E-state index is -0.838. The predicted octanol–water partition coefficient (Wildman–Crippen LogP) is 3.05. The largest absolute Gasteiger partial charge is 0.481 e. The fourth-order valence-electron chi connectivity index (χ4n) is 1.74. The standard InChI is InChI=1S/C13H13NO2S/c1-8-5-3-4-6-10(8)13-9(2)17-11(14-13)7-12(15)16/h3-6H,7H2,1-2H3,(H,15,16). The van der Waals surface area contributed by atoms with E-state index in [0.29, 0.717) is 5.01 Å². The first kappa shape index (κ1) is 11.8. The molecule has 0 aliphatic carbocycles. The summed E-state index contributed by atoms with van der Waals surface area (Å²) in [6, 6.07) is 8.00. The zero-order valence-electron chi connectivity index (χ0n) is 9.73. The van der Waals surface area contributed by atoms with E-state index in [0.717, 1.165) is 21.7 Å². The predicted molar refractivity (Wildman–Crippen MR) is 68.4 cm³/mol. The first-order valence-electron chi connectivity index (χ1n) is 5.32. The van der Waals surface area contributed by atoms with Crippen LogP contribution < -0.4 is 0 Å². The zero-order chi connectivity index (χ0) is 12.4. The third-order valence-electron chi connectivity index (χ3n) is 2.54. The van der Waals surface area contributed by atoms with Gasteiger partial charge in [0, 0.05) is 10.4 Å². The van der Waals surface area contributed by atoms with E-state index < -0.39 is 5.97 Å². The number of thiazole rings is 1. The van der Waals surface area contributed by atoms with Crippen LogP contribution in [0.4, 0.5) is 0 Å². The second-order valence-corrected chi connectivity index (χ2v) is 5.19. The third kappa shape index (κ3) is 2.53. The molecule has 0 amide bonds. The van der Waals surface area contributed by atoms with Gasteiger partial charge in [-0.05, 0) is 19.4 Å². The molecule has 0 bridgehead atoms. The molecule has 1 aromatic heterocycles. The molecule has 17 heavy (non-hydrogen) atoms. The van der Waals surface area contributed by atoms with Crippen molar-refractivity contribution in [3.63, 3.8) is 0 Å². The molecule has 0 radical (unpaired) electrons. The smallest absolute Gasteiger partial charge is 0.310 e. The van der Waals surface area contributed by atoms with Crippen molar-refractivity contribution in [2.45, 2.75) is 20.3 Å². The Hall–Kier alpha value is -1.68. The van der Waals surface area contributed by atoms with Gasteiger partial charge in [-0.15, -0.1) is 11.3 Å². The van der Waals surface area contributed by atoms with Gasteiger partial charge in [0.25, 0.3) is 0 Å². The van der Waals surface area contributed by atoms with Crippen molar-refractivity contribution < 1.29 is 9.90 Å². The van der Waals surface area contributed by atoms with Crippen LogP contribution in [-0.4, -0.2) is 16.1 Å². The number of benzene rings is 1. The van der Waals surface area contributed by atoms with E-state index in [-0.39, 0.29) is 6.42 Å². The molecule has 0 fully saturated rings. The Bertz CT molecular complexity index is 560. The van der Waals surface area contributed by atoms with E-state index in [1.165, 1.54) is 11.3 Å². The van der Waals surface area contributed by atoms with Crippen LogP contribution in [0.1, 0.15) is 15.4 Å². The molecule has 4 heteroatoms. The lowest BCUT2D eigenvalue weighted by Crippen LogP contribution is -1.99. The van der Waals surface area contributed by atoms with E-state index in [1.807, 2.05) is 38.1 Å². The highest BCUT2D eigenvalue weighted by Gasteiger charge is 2.13. The molecule has 88 valence electrons. The van der Waals surface area contributed by atoms with Gasteiger partial charge in [-0.2, -0.15) is 0 Å². The fourth-order valence-corrected chi connectivity index (χ4v) is 2.68. The molecule has 2 aromatic rings. The number of hydrogen-bond donors (Lipinski definition) is 1. The van der Waals surface area contributed by atoms with Gasteiger partial charge in [0.15, 0.2) is 0 Å². The maximum Gasteiger partial charge on any atom is 0.310 e. The van der Waals surface area contributed by atoms with Gasteiger partial charge in [-0.25, -0.2) is 4.98 Å². The summed E-state index contributed by atoms with van der Waals surface area (Å²) in [6.45, 7) is 4.01. The summed E-state index contributed by atoms with van der Waals surface area (Å²) in [5, 5.41) is 9.42. The average molecular weight is 247 g/mol. The normalized spacial score (nSPS) is 10.5. The lowest BCUT2D eigenvalue weighted by molar-refractivity contribution is -0.136. The maximum absolute atomic E-state index is 10.7. The van der Waals surface area contributed by atoms with Crippen LogP contribution in [0.25, 0.3) is 11.3 Å². The van der Waals surface area contributed by atoms with Crippen molar-refractivity contribution in [2.24, 2.45) is 0 Å². The summed E-state index contributed by atoms with van der Waals surface area (Å²) in [5.74, 6) is -0.838. The molecule has 0 unspecified atom stereocenters. The van der Waals surface area contributed by atoms with Crippen molar-refractivity contribution in [3.05, 3.63) is 39.7 Å². The van der Waals surface area contributed by atoms with Gasteiger partial charge in [-0.3, -0.25) is 4.79 Å². The number of nitrogens with zero attached hydrogens (tertiary/aromatic N) is 1. The summed E-state index contributed by atoms with van der Waals surface area (Å²) in [4.78, 5) is 16.1. The molecule has 3 nitrogen and oxygen atoms in total. The Morgan fingerprint density at radius 1 is 1.35 bits per heavy atom. The van der Waals surface area contributed by atoms with Crippen LogP contribution in [0.2, 0.25) is 0 Å². The molecule has 0 aliphatic rings. The van der Waals surface area contributed by atoms with Crippen LogP contribution in [0.15, 0.2) is 24.3 Å². The first-order valence-corrected chi connectivity index (χ1v) is 6.13. The summed E-state index contributed by atoms with van der Waals surface area (Å²) >= 11 is 1.45. The number of rotatable bonds is 3. The Kier molecular flexibility index (Phi) is 3.24. The second-order valence-electron chi connectivity index (χ2n) is 3.90. The summed E-state index contributed by atoms with van der Waals surface area (Å²) in [5.41, 5.74) is 3.14. The van der Waals surface area contributed by atoms with Gasteiger partial charge in [-0.1, -0.05) is 24.3 Å². The topological polar surface area (TPSA) is 50.2 Å². The molecule has 0 saturated heterocycles. The van der Waals surface area contributed by atoms with E-state index in [2.05, 4.69) is 4.98 Å². The Morgan fingerprint density at radius 2 is 2.06 bits per heavy atom. The average Bonchev–Trinajstić information content (AvgIpc) is 2.59. The summed E-state index contributed by atoms with van der Waals surface area (Å²) in [6.07, 6.45) is -0.00259. The third-order valence-corrected chi connectivity index (χ3v) is 3.51. The highest BCUT2D eigenvalue weighted by molar-refractivity contribution is 7.12. The summed E-state index contributed by atoms with van der Waals surface area (Å²) in [7, 11) is 0. The minimum absolute atomic E-state index is 0.00259. The van der Waals surface area contributed by atoms with E-state index >= 15 is 0 Å². The van der Waals surface area contributed by atoms with Crippen molar-refractivity contribution >= 4 is 17.3 Å². The Balaban J connectivity index is 2.43. The monoisotopic (exact) mass is 247 g/mol. The molecule has 1 aromatic carbocycles. The van der Waals surface area contributed by atoms with Gasteiger partial charge >= 0.3 is 5.97 Å². The van der Waals surface area contributed by atoms with Crippen LogP contribution >= 0.6 is 11.3 Å². The van der Waals surface area contributed by atoms with Gasteiger partial charge < -0.3 is 5.11 Å². The molecule has 0 spiro atoms. The lowest BCUT2D eigenvalue weighted by atomic mass is 10.1. The zero-order valence-corrected chi connectivity index (χ0v) is 10.5. The van der Waals surface area contributed by atoms with Gasteiger partial charge in [0.05, 0.1) is 12.1 Å². The molecule has 1 N–H and O–H groups in total. The first-order chi connectivity index (χ1) is 8.08. The van der Waals surface area contributed by atoms with Crippen LogP contribution in [0, 0.1) is 13.8 Å².